The summed E-state index contributed by atoms with van der Waals surface area (Å²) in [5.41, 5.74) is -0.756. The third-order valence-electron chi connectivity index (χ3n) is 2.00. The summed E-state index contributed by atoms with van der Waals surface area (Å²) in [6.07, 6.45) is 0.787. The molecule has 0 amide bonds. The van der Waals surface area contributed by atoms with Crippen LogP contribution < -0.4 is 0 Å². The Morgan fingerprint density at radius 3 is 2.80 bits per heavy atom. The Balaban J connectivity index is 2.89. The van der Waals surface area contributed by atoms with Gasteiger partial charge in [-0.1, -0.05) is 6.92 Å². The molecule has 0 saturated carbocycles. The van der Waals surface area contributed by atoms with Crippen molar-refractivity contribution in [2.75, 3.05) is 6.61 Å². The fraction of sp³-hybridized carbons (Fsp3) is 0.600. The molecule has 1 rings (SSSR count). The van der Waals surface area contributed by atoms with Crippen molar-refractivity contribution in [2.24, 2.45) is 0 Å². The number of hydrogen-bond donors (Lipinski definition) is 1. The van der Waals surface area contributed by atoms with E-state index < -0.39 is 11.6 Å². The van der Waals surface area contributed by atoms with Crippen LogP contribution in [0.5, 0.6) is 0 Å². The number of hydrogen-bond acceptors (Lipinski definition) is 5. The van der Waals surface area contributed by atoms with Gasteiger partial charge in [-0.25, -0.2) is 9.78 Å². The van der Waals surface area contributed by atoms with Gasteiger partial charge in [0, 0.05) is 5.38 Å². The van der Waals surface area contributed by atoms with Crippen LogP contribution in [0, 0.1) is 0 Å². The maximum atomic E-state index is 11.5. The summed E-state index contributed by atoms with van der Waals surface area (Å²) in [5, 5.41) is 12.2. The Morgan fingerprint density at radius 2 is 2.33 bits per heavy atom. The maximum absolute atomic E-state index is 11.5. The summed E-state index contributed by atoms with van der Waals surface area (Å²) in [5.74, 6) is -0.651. The minimum atomic E-state index is -1.63. The van der Waals surface area contributed by atoms with Crippen LogP contribution in [0.1, 0.15) is 31.5 Å². The summed E-state index contributed by atoms with van der Waals surface area (Å²) in [7, 11) is 0. The molecule has 4 nitrogen and oxygen atoms in total. The number of nitrogens with zero attached hydrogens (tertiary/aromatic N) is 1. The van der Waals surface area contributed by atoms with E-state index in [-0.39, 0.29) is 6.61 Å². The zero-order valence-corrected chi connectivity index (χ0v) is 9.93. The molecule has 0 aliphatic rings. The molecule has 0 saturated heterocycles. The van der Waals surface area contributed by atoms with Crippen molar-refractivity contribution in [1.29, 1.82) is 0 Å². The predicted molar refractivity (Wildman–Crippen MR) is 57.7 cm³/mol. The fourth-order valence-corrected chi connectivity index (χ4v) is 2.00. The molecule has 0 aliphatic carbocycles. The molecule has 1 N–H and O–H groups in total. The van der Waals surface area contributed by atoms with Gasteiger partial charge in [0.05, 0.1) is 12.3 Å². The van der Waals surface area contributed by atoms with E-state index in [0.717, 1.165) is 12.1 Å². The number of carbonyl (C=O) groups is 1. The second kappa shape index (κ2) is 4.72. The highest BCUT2D eigenvalue weighted by molar-refractivity contribution is 7.10. The lowest BCUT2D eigenvalue weighted by atomic mass is 10.1. The largest absolute Gasteiger partial charge is 0.464 e. The van der Waals surface area contributed by atoms with E-state index in [0.29, 0.717) is 5.01 Å². The Bertz CT molecular complexity index is 346. The van der Waals surface area contributed by atoms with Crippen LogP contribution in [-0.2, 0) is 21.6 Å². The highest BCUT2D eigenvalue weighted by Gasteiger charge is 2.37. The van der Waals surface area contributed by atoms with Crippen LogP contribution in [0.25, 0.3) is 0 Å². The monoisotopic (exact) mass is 229 g/mol. The minimum Gasteiger partial charge on any atom is -0.464 e. The number of aliphatic hydroxyl groups is 1. The van der Waals surface area contributed by atoms with E-state index in [1.54, 1.807) is 6.92 Å². The summed E-state index contributed by atoms with van der Waals surface area (Å²) in [6.45, 7) is 5.33. The summed E-state index contributed by atoms with van der Waals surface area (Å²) in [6, 6.07) is 0. The first kappa shape index (κ1) is 12.1. The lowest BCUT2D eigenvalue weighted by Crippen LogP contribution is -2.34. The second-order valence-corrected chi connectivity index (χ2v) is 4.15. The quantitative estimate of drug-likeness (QED) is 0.794. The Labute approximate surface area is 92.9 Å². The zero-order valence-electron chi connectivity index (χ0n) is 9.11. The predicted octanol–water partition coefficient (Wildman–Crippen LogP) is 1.48. The van der Waals surface area contributed by atoms with Crippen molar-refractivity contribution in [3.05, 3.63) is 16.1 Å². The van der Waals surface area contributed by atoms with E-state index >= 15 is 0 Å². The van der Waals surface area contributed by atoms with E-state index in [2.05, 4.69) is 4.98 Å². The molecule has 5 heteroatoms. The van der Waals surface area contributed by atoms with Crippen LogP contribution in [0.4, 0.5) is 0 Å². The molecule has 1 aromatic rings. The molecule has 0 aliphatic heterocycles. The number of thiazole rings is 1. The standard InChI is InChI=1S/C10H15NO3S/c1-4-7-6-15-8(11-7)10(3,13)9(12)14-5-2/h6,13H,4-5H2,1-3H3/t10-/m0/s1. The smallest absolute Gasteiger partial charge is 0.345 e. The third kappa shape index (κ3) is 2.54. The van der Waals surface area contributed by atoms with Gasteiger partial charge in [0.1, 0.15) is 5.01 Å². The SMILES string of the molecule is CCOC(=O)[C@@](C)(O)c1nc(CC)cs1. The van der Waals surface area contributed by atoms with Crippen molar-refractivity contribution in [1.82, 2.24) is 4.98 Å². The fourth-order valence-electron chi connectivity index (χ4n) is 1.05. The summed E-state index contributed by atoms with van der Waals surface area (Å²) >= 11 is 1.27. The van der Waals surface area contributed by atoms with E-state index in [9.17, 15) is 9.90 Å². The van der Waals surface area contributed by atoms with Gasteiger partial charge in [-0.15, -0.1) is 11.3 Å². The Kier molecular flexibility index (Phi) is 3.82. The lowest BCUT2D eigenvalue weighted by molar-refractivity contribution is -0.164. The molecule has 0 unspecified atom stereocenters. The Hall–Kier alpha value is -0.940. The molecule has 0 bridgehead atoms. The molecule has 1 atom stereocenters. The Morgan fingerprint density at radius 1 is 1.67 bits per heavy atom. The topological polar surface area (TPSA) is 59.4 Å². The molecule has 1 heterocycles. The van der Waals surface area contributed by atoms with Crippen molar-refractivity contribution in [2.45, 2.75) is 32.8 Å². The number of ether oxygens (including phenoxy) is 1. The molecule has 15 heavy (non-hydrogen) atoms. The lowest BCUT2D eigenvalue weighted by Gasteiger charge is -2.17. The van der Waals surface area contributed by atoms with Crippen LogP contribution in [-0.4, -0.2) is 22.7 Å². The van der Waals surface area contributed by atoms with Gasteiger partial charge in [-0.3, -0.25) is 0 Å². The number of carbonyl (C=O) groups excluding carboxylic acids is 1. The van der Waals surface area contributed by atoms with Crippen LogP contribution >= 0.6 is 11.3 Å². The van der Waals surface area contributed by atoms with Gasteiger partial charge in [-0.2, -0.15) is 0 Å². The minimum absolute atomic E-state index is 0.251. The van der Waals surface area contributed by atoms with Crippen LogP contribution in [0.2, 0.25) is 0 Å². The average Bonchev–Trinajstić information content (AvgIpc) is 2.66. The van der Waals surface area contributed by atoms with E-state index in [1.165, 1.54) is 18.3 Å². The second-order valence-electron chi connectivity index (χ2n) is 3.29. The van der Waals surface area contributed by atoms with Crippen molar-refractivity contribution >= 4 is 17.3 Å². The van der Waals surface area contributed by atoms with E-state index in [4.69, 9.17) is 4.74 Å². The van der Waals surface area contributed by atoms with Gasteiger partial charge >= 0.3 is 5.97 Å². The van der Waals surface area contributed by atoms with Crippen molar-refractivity contribution in [3.8, 4) is 0 Å². The summed E-state index contributed by atoms with van der Waals surface area (Å²) < 4.78 is 4.78. The molecule has 0 fully saturated rings. The molecule has 1 aromatic heterocycles. The molecule has 0 radical (unpaired) electrons. The third-order valence-corrected chi connectivity index (χ3v) is 3.11. The normalized spacial score (nSPS) is 14.7. The van der Waals surface area contributed by atoms with Gasteiger partial charge in [0.25, 0.3) is 0 Å². The highest BCUT2D eigenvalue weighted by Crippen LogP contribution is 2.25. The van der Waals surface area contributed by atoms with Crippen molar-refractivity contribution in [3.63, 3.8) is 0 Å². The number of aryl methyl sites for hydroxylation is 1. The number of aromatic nitrogens is 1. The summed E-state index contributed by atoms with van der Waals surface area (Å²) in [4.78, 5) is 15.6. The molecule has 0 spiro atoms. The van der Waals surface area contributed by atoms with Gasteiger partial charge in [-0.05, 0) is 20.3 Å². The van der Waals surface area contributed by atoms with Gasteiger partial charge in [0.15, 0.2) is 0 Å². The molecular weight excluding hydrogens is 214 g/mol. The van der Waals surface area contributed by atoms with Crippen LogP contribution in [0.15, 0.2) is 5.38 Å². The van der Waals surface area contributed by atoms with E-state index in [1.807, 2.05) is 12.3 Å². The molecule has 84 valence electrons. The first-order valence-corrected chi connectivity index (χ1v) is 5.74. The van der Waals surface area contributed by atoms with Crippen molar-refractivity contribution < 1.29 is 14.6 Å². The maximum Gasteiger partial charge on any atom is 0.345 e. The number of rotatable bonds is 4. The van der Waals surface area contributed by atoms with Gasteiger partial charge in [0.2, 0.25) is 5.60 Å². The number of esters is 1. The average molecular weight is 229 g/mol. The van der Waals surface area contributed by atoms with Crippen LogP contribution in [0.3, 0.4) is 0 Å². The van der Waals surface area contributed by atoms with Gasteiger partial charge < -0.3 is 9.84 Å². The molecular formula is C10H15NO3S. The highest BCUT2D eigenvalue weighted by atomic mass is 32.1. The zero-order chi connectivity index (χ0) is 11.5. The molecule has 0 aromatic carbocycles. The first-order chi connectivity index (χ1) is 7.02. The first-order valence-electron chi connectivity index (χ1n) is 4.86.